The van der Waals surface area contributed by atoms with Gasteiger partial charge in [-0.25, -0.2) is 4.68 Å². The van der Waals surface area contributed by atoms with Gasteiger partial charge < -0.3 is 15.1 Å². The SMILES string of the molecule is O=C(Cn1nnc2ccccc21)NCC(=O)N1CCN(c2ccc(Cl)cc2)CC1. The van der Waals surface area contributed by atoms with Crippen LogP contribution in [0.5, 0.6) is 0 Å². The van der Waals surface area contributed by atoms with Crippen molar-refractivity contribution < 1.29 is 9.59 Å². The van der Waals surface area contributed by atoms with Crippen LogP contribution in [0.3, 0.4) is 0 Å². The van der Waals surface area contributed by atoms with Gasteiger partial charge in [-0.05, 0) is 36.4 Å². The zero-order valence-corrected chi connectivity index (χ0v) is 16.5. The van der Waals surface area contributed by atoms with E-state index in [1.807, 2.05) is 48.5 Å². The molecule has 0 atom stereocenters. The predicted octanol–water partition coefficient (Wildman–Crippen LogP) is 1.55. The average Bonchev–Trinajstić information content (AvgIpc) is 3.15. The molecule has 0 saturated carbocycles. The highest BCUT2D eigenvalue weighted by molar-refractivity contribution is 6.30. The van der Waals surface area contributed by atoms with E-state index >= 15 is 0 Å². The molecule has 8 nitrogen and oxygen atoms in total. The fraction of sp³-hybridized carbons (Fsp3) is 0.300. The first-order valence-electron chi connectivity index (χ1n) is 9.43. The normalized spacial score (nSPS) is 14.2. The second kappa shape index (κ2) is 8.48. The molecule has 0 aliphatic carbocycles. The molecule has 2 amide bonds. The number of aromatic nitrogens is 3. The third-order valence-corrected chi connectivity index (χ3v) is 5.23. The first kappa shape index (κ1) is 19.2. The van der Waals surface area contributed by atoms with Crippen LogP contribution in [0.15, 0.2) is 48.5 Å². The standard InChI is InChI=1S/C20H21ClN6O2/c21-15-5-7-16(8-6-15)25-9-11-26(12-10-25)20(29)13-22-19(28)14-27-18-4-2-1-3-17(18)23-24-27/h1-8H,9-14H2,(H,22,28). The lowest BCUT2D eigenvalue weighted by atomic mass is 10.2. The van der Waals surface area contributed by atoms with Gasteiger partial charge in [0.2, 0.25) is 11.8 Å². The zero-order valence-electron chi connectivity index (χ0n) is 15.8. The van der Waals surface area contributed by atoms with Crippen LogP contribution in [0.25, 0.3) is 11.0 Å². The molecule has 1 fully saturated rings. The van der Waals surface area contributed by atoms with Gasteiger partial charge >= 0.3 is 0 Å². The Morgan fingerprint density at radius 3 is 2.48 bits per heavy atom. The summed E-state index contributed by atoms with van der Waals surface area (Å²) in [5.41, 5.74) is 2.61. The smallest absolute Gasteiger partial charge is 0.242 e. The first-order chi connectivity index (χ1) is 14.1. The van der Waals surface area contributed by atoms with Crippen molar-refractivity contribution in [2.24, 2.45) is 0 Å². The monoisotopic (exact) mass is 412 g/mol. The van der Waals surface area contributed by atoms with E-state index in [4.69, 9.17) is 11.6 Å². The number of anilines is 1. The Kier molecular flexibility index (Phi) is 5.62. The van der Waals surface area contributed by atoms with Crippen LogP contribution in [0.1, 0.15) is 0 Å². The van der Waals surface area contributed by atoms with Crippen LogP contribution in [0, 0.1) is 0 Å². The molecule has 0 unspecified atom stereocenters. The molecule has 0 bridgehead atoms. The number of nitrogens with zero attached hydrogens (tertiary/aromatic N) is 5. The van der Waals surface area contributed by atoms with Crippen LogP contribution < -0.4 is 10.2 Å². The number of amides is 2. The number of rotatable bonds is 5. The van der Waals surface area contributed by atoms with Crippen molar-refractivity contribution in [1.29, 1.82) is 0 Å². The van der Waals surface area contributed by atoms with E-state index in [0.717, 1.165) is 29.8 Å². The molecule has 1 N–H and O–H groups in total. The Hall–Kier alpha value is -3.13. The summed E-state index contributed by atoms with van der Waals surface area (Å²) in [6, 6.07) is 15.1. The molecular weight excluding hydrogens is 392 g/mol. The number of hydrogen-bond acceptors (Lipinski definition) is 5. The molecule has 1 aliphatic rings. The maximum atomic E-state index is 12.4. The summed E-state index contributed by atoms with van der Waals surface area (Å²) in [6.45, 7) is 2.72. The van der Waals surface area contributed by atoms with E-state index in [0.29, 0.717) is 18.1 Å². The Bertz CT molecular complexity index is 1010. The second-order valence-electron chi connectivity index (χ2n) is 6.86. The fourth-order valence-corrected chi connectivity index (χ4v) is 3.50. The minimum absolute atomic E-state index is 0.0214. The number of piperazine rings is 1. The van der Waals surface area contributed by atoms with Crippen LogP contribution in [0.4, 0.5) is 5.69 Å². The number of halogens is 1. The summed E-state index contributed by atoms with van der Waals surface area (Å²) in [7, 11) is 0. The zero-order chi connectivity index (χ0) is 20.2. The Morgan fingerprint density at radius 1 is 1.00 bits per heavy atom. The first-order valence-corrected chi connectivity index (χ1v) is 9.81. The van der Waals surface area contributed by atoms with Crippen molar-refractivity contribution in [3.05, 3.63) is 53.6 Å². The van der Waals surface area contributed by atoms with Gasteiger partial charge in [-0.2, -0.15) is 0 Å². The van der Waals surface area contributed by atoms with Crippen molar-refractivity contribution in [1.82, 2.24) is 25.2 Å². The summed E-state index contributed by atoms with van der Waals surface area (Å²) in [4.78, 5) is 28.7. The summed E-state index contributed by atoms with van der Waals surface area (Å²) < 4.78 is 1.53. The Morgan fingerprint density at radius 2 is 1.72 bits per heavy atom. The van der Waals surface area contributed by atoms with E-state index in [9.17, 15) is 9.59 Å². The molecule has 0 radical (unpaired) electrons. The number of hydrogen-bond donors (Lipinski definition) is 1. The van der Waals surface area contributed by atoms with E-state index in [1.165, 1.54) is 4.68 Å². The molecular formula is C20H21ClN6O2. The number of carbonyl (C=O) groups is 2. The molecule has 29 heavy (non-hydrogen) atoms. The highest BCUT2D eigenvalue weighted by Crippen LogP contribution is 2.19. The number of benzene rings is 2. The Labute approximate surface area is 173 Å². The summed E-state index contributed by atoms with van der Waals surface area (Å²) in [5, 5.41) is 11.4. The molecule has 2 aromatic carbocycles. The van der Waals surface area contributed by atoms with Crippen molar-refractivity contribution >= 4 is 40.1 Å². The average molecular weight is 413 g/mol. The third-order valence-electron chi connectivity index (χ3n) is 4.97. The van der Waals surface area contributed by atoms with Crippen LogP contribution in [-0.4, -0.2) is 64.4 Å². The molecule has 150 valence electrons. The second-order valence-corrected chi connectivity index (χ2v) is 7.29. The van der Waals surface area contributed by atoms with Gasteiger partial charge in [0.15, 0.2) is 0 Å². The van der Waals surface area contributed by atoms with E-state index in [-0.39, 0.29) is 24.9 Å². The number of nitrogens with one attached hydrogen (secondary N) is 1. The maximum absolute atomic E-state index is 12.4. The minimum Gasteiger partial charge on any atom is -0.368 e. The summed E-state index contributed by atoms with van der Waals surface area (Å²) in [6.07, 6.45) is 0. The number of para-hydroxylation sites is 1. The van der Waals surface area contributed by atoms with Gasteiger partial charge in [0.05, 0.1) is 12.1 Å². The molecule has 4 rings (SSSR count). The molecule has 0 spiro atoms. The highest BCUT2D eigenvalue weighted by Gasteiger charge is 2.21. The predicted molar refractivity (Wildman–Crippen MR) is 111 cm³/mol. The molecule has 2 heterocycles. The lowest BCUT2D eigenvalue weighted by Gasteiger charge is -2.36. The van der Waals surface area contributed by atoms with Gasteiger partial charge in [-0.15, -0.1) is 5.10 Å². The van der Waals surface area contributed by atoms with Gasteiger partial charge in [0, 0.05) is 36.9 Å². The molecule has 1 aliphatic heterocycles. The third kappa shape index (κ3) is 4.48. The molecule has 1 aromatic heterocycles. The molecule has 1 saturated heterocycles. The summed E-state index contributed by atoms with van der Waals surface area (Å²) >= 11 is 5.93. The fourth-order valence-electron chi connectivity index (χ4n) is 3.38. The minimum atomic E-state index is -0.270. The summed E-state index contributed by atoms with van der Waals surface area (Å²) in [5.74, 6) is -0.355. The van der Waals surface area contributed by atoms with Gasteiger partial charge in [-0.3, -0.25) is 9.59 Å². The van der Waals surface area contributed by atoms with Gasteiger partial charge in [-0.1, -0.05) is 28.9 Å². The van der Waals surface area contributed by atoms with Crippen LogP contribution in [-0.2, 0) is 16.1 Å². The van der Waals surface area contributed by atoms with E-state index in [2.05, 4.69) is 20.5 Å². The van der Waals surface area contributed by atoms with Gasteiger partial charge in [0.25, 0.3) is 0 Å². The lowest BCUT2D eigenvalue weighted by Crippen LogP contribution is -2.51. The van der Waals surface area contributed by atoms with E-state index in [1.54, 1.807) is 4.90 Å². The van der Waals surface area contributed by atoms with Crippen molar-refractivity contribution in [3.8, 4) is 0 Å². The van der Waals surface area contributed by atoms with Crippen LogP contribution in [0.2, 0.25) is 5.02 Å². The maximum Gasteiger partial charge on any atom is 0.242 e. The van der Waals surface area contributed by atoms with Crippen molar-refractivity contribution in [2.75, 3.05) is 37.6 Å². The van der Waals surface area contributed by atoms with E-state index < -0.39 is 0 Å². The topological polar surface area (TPSA) is 83.4 Å². The number of fused-ring (bicyclic) bond motifs is 1. The Balaban J connectivity index is 1.24. The van der Waals surface area contributed by atoms with Gasteiger partial charge in [0.1, 0.15) is 12.1 Å². The largest absolute Gasteiger partial charge is 0.368 e. The molecule has 9 heteroatoms. The quantitative estimate of drug-likeness (QED) is 0.687. The lowest BCUT2D eigenvalue weighted by molar-refractivity contribution is -0.133. The highest BCUT2D eigenvalue weighted by atomic mass is 35.5. The molecule has 3 aromatic rings. The van der Waals surface area contributed by atoms with Crippen molar-refractivity contribution in [3.63, 3.8) is 0 Å². The number of carbonyl (C=O) groups excluding carboxylic acids is 2. The van der Waals surface area contributed by atoms with Crippen LogP contribution >= 0.6 is 11.6 Å². The van der Waals surface area contributed by atoms with Crippen molar-refractivity contribution in [2.45, 2.75) is 6.54 Å².